The summed E-state index contributed by atoms with van der Waals surface area (Å²) in [5.41, 5.74) is 0. The van der Waals surface area contributed by atoms with Gasteiger partial charge in [-0.1, -0.05) is 0 Å². The zero-order valence-corrected chi connectivity index (χ0v) is 8.25. The van der Waals surface area contributed by atoms with Crippen LogP contribution >= 0.6 is 15.1 Å². The minimum absolute atomic E-state index is 1.12. The summed E-state index contributed by atoms with van der Waals surface area (Å²) in [6.07, 6.45) is 0. The van der Waals surface area contributed by atoms with Crippen molar-refractivity contribution in [1.29, 1.82) is 0 Å². The summed E-state index contributed by atoms with van der Waals surface area (Å²) in [6, 6.07) is 0. The van der Waals surface area contributed by atoms with E-state index in [4.69, 9.17) is 9.79 Å². The summed E-state index contributed by atoms with van der Waals surface area (Å²) < 4.78 is 18.8. The van der Waals surface area contributed by atoms with Crippen molar-refractivity contribution in [3.05, 3.63) is 0 Å². The zero-order valence-electron chi connectivity index (χ0n) is 6.46. The fourth-order valence-corrected chi connectivity index (χ4v) is 3.03. The third-order valence-electron chi connectivity index (χ3n) is 0.861. The van der Waals surface area contributed by atoms with Gasteiger partial charge in [-0.05, 0) is 0 Å². The average Bonchev–Trinajstić information content (AvgIpc) is 1.57. The molecule has 0 bridgehead atoms. The van der Waals surface area contributed by atoms with E-state index < -0.39 is 15.1 Å². The molecule has 0 aromatic rings. The molecule has 0 radical (unpaired) electrons. The fourth-order valence-electron chi connectivity index (χ4n) is 0.337. The van der Waals surface area contributed by atoms with Crippen LogP contribution in [0.4, 0.5) is 0 Å². The second-order valence-corrected chi connectivity index (χ2v) is 8.20. The summed E-state index contributed by atoms with van der Waals surface area (Å²) in [4.78, 5) is 26.0. The van der Waals surface area contributed by atoms with Crippen LogP contribution in [0.1, 0.15) is 0 Å². The van der Waals surface area contributed by atoms with Crippen LogP contribution < -0.4 is 0 Å². The Balaban J connectivity index is 4.49. The van der Waals surface area contributed by atoms with Gasteiger partial charge in [0.15, 0.2) is 0 Å². The molecule has 0 spiro atoms. The molecule has 0 amide bonds. The zero-order chi connectivity index (χ0) is 9.36. The first-order chi connectivity index (χ1) is 4.53. The van der Waals surface area contributed by atoms with Gasteiger partial charge in [-0.25, -0.2) is 0 Å². The third kappa shape index (κ3) is 5.70. The average molecular weight is 206 g/mol. The van der Waals surface area contributed by atoms with E-state index in [2.05, 4.69) is 8.83 Å². The standard InChI is InChI=1S/C3H12O6P2/c1-8-11(2,3,7)9-10(4,5)6/h7H,1-3H3,(H2,4,5,6). The second-order valence-electron chi connectivity index (χ2n) is 2.57. The van der Waals surface area contributed by atoms with E-state index in [9.17, 15) is 9.46 Å². The van der Waals surface area contributed by atoms with Gasteiger partial charge in [0.05, 0.1) is 0 Å². The molecule has 0 heterocycles. The number of hydrogen-bond donors (Lipinski definition) is 3. The molecule has 0 aromatic carbocycles. The maximum atomic E-state index is 10.3. The molecule has 0 unspecified atom stereocenters. The minimum atomic E-state index is -4.69. The monoisotopic (exact) mass is 206 g/mol. The fraction of sp³-hybridized carbons (Fsp3) is 1.00. The van der Waals surface area contributed by atoms with Crippen LogP contribution in [0.15, 0.2) is 0 Å². The Labute approximate surface area is 64.6 Å². The van der Waals surface area contributed by atoms with Gasteiger partial charge in [0.25, 0.3) is 0 Å². The van der Waals surface area contributed by atoms with Crippen LogP contribution in [0.5, 0.6) is 0 Å². The molecule has 0 saturated carbocycles. The van der Waals surface area contributed by atoms with Crippen molar-refractivity contribution < 1.29 is 28.1 Å². The molecule has 0 aliphatic carbocycles. The van der Waals surface area contributed by atoms with Gasteiger partial charge < -0.3 is 0 Å². The van der Waals surface area contributed by atoms with Crippen LogP contribution in [-0.2, 0) is 13.4 Å². The predicted molar refractivity (Wildman–Crippen MR) is 41.1 cm³/mol. The van der Waals surface area contributed by atoms with Crippen LogP contribution in [0, 0.1) is 0 Å². The molecule has 0 aliphatic rings. The van der Waals surface area contributed by atoms with Crippen LogP contribution in [0.2, 0.25) is 0 Å². The molecular weight excluding hydrogens is 194 g/mol. The topological polar surface area (TPSA) is 96.2 Å². The molecule has 8 heteroatoms. The van der Waals surface area contributed by atoms with Gasteiger partial charge in [0, 0.05) is 0 Å². The quantitative estimate of drug-likeness (QED) is 0.574. The molecule has 70 valence electrons. The summed E-state index contributed by atoms with van der Waals surface area (Å²) in [5.74, 6) is 0. The Bertz CT molecular complexity index is 186. The van der Waals surface area contributed by atoms with E-state index >= 15 is 0 Å². The first-order valence-corrected chi connectivity index (χ1v) is 7.08. The van der Waals surface area contributed by atoms with Gasteiger partial charge in [-0.3, -0.25) is 0 Å². The first kappa shape index (κ1) is 11.5. The Morgan fingerprint density at radius 3 is 1.82 bits per heavy atom. The summed E-state index contributed by atoms with van der Waals surface area (Å²) >= 11 is 0. The van der Waals surface area contributed by atoms with Gasteiger partial charge in [-0.15, -0.1) is 0 Å². The van der Waals surface area contributed by atoms with Crippen molar-refractivity contribution >= 4 is 15.1 Å². The SMILES string of the molecule is COP(C)(C)(O)OP(=O)(O)O. The number of hydrogen-bond acceptors (Lipinski definition) is 4. The Kier molecular flexibility index (Phi) is 2.86. The van der Waals surface area contributed by atoms with E-state index in [0.717, 1.165) is 20.4 Å². The molecule has 0 atom stereocenters. The molecule has 0 aromatic heterocycles. The van der Waals surface area contributed by atoms with Crippen molar-refractivity contribution in [2.24, 2.45) is 0 Å². The molecule has 0 saturated heterocycles. The Morgan fingerprint density at radius 1 is 1.36 bits per heavy atom. The summed E-state index contributed by atoms with van der Waals surface area (Å²) in [6.45, 7) is 2.23. The van der Waals surface area contributed by atoms with Crippen LogP contribution in [0.3, 0.4) is 0 Å². The molecule has 0 rings (SSSR count). The van der Waals surface area contributed by atoms with Gasteiger partial charge in [-0.2, -0.15) is 0 Å². The molecule has 11 heavy (non-hydrogen) atoms. The molecule has 0 fully saturated rings. The van der Waals surface area contributed by atoms with Crippen LogP contribution in [-0.4, -0.2) is 35.1 Å². The first-order valence-electron chi connectivity index (χ1n) is 2.63. The second kappa shape index (κ2) is 2.75. The van der Waals surface area contributed by atoms with Gasteiger partial charge >= 0.3 is 63.6 Å². The predicted octanol–water partition coefficient (Wildman–Crippen LogP) is 0.292. The normalized spacial score (nSPS) is 17.5. The summed E-state index contributed by atoms with van der Waals surface area (Å²) in [5, 5.41) is 0. The number of phosphoric acid groups is 1. The van der Waals surface area contributed by atoms with Crippen molar-refractivity contribution in [3.8, 4) is 0 Å². The maximum absolute atomic E-state index is 10.3. The van der Waals surface area contributed by atoms with Crippen LogP contribution in [0.25, 0.3) is 0 Å². The molecule has 6 nitrogen and oxygen atoms in total. The summed E-state index contributed by atoms with van der Waals surface area (Å²) in [7, 11) is -7.60. The van der Waals surface area contributed by atoms with Crippen molar-refractivity contribution in [2.75, 3.05) is 20.4 Å². The van der Waals surface area contributed by atoms with E-state index in [1.54, 1.807) is 0 Å². The van der Waals surface area contributed by atoms with E-state index in [-0.39, 0.29) is 0 Å². The molecule has 3 N–H and O–H groups in total. The third-order valence-corrected chi connectivity index (χ3v) is 4.62. The van der Waals surface area contributed by atoms with Gasteiger partial charge in [0.2, 0.25) is 0 Å². The Hall–Kier alpha value is 0.460. The van der Waals surface area contributed by atoms with E-state index in [1.807, 2.05) is 0 Å². The van der Waals surface area contributed by atoms with E-state index in [0.29, 0.717) is 0 Å². The molecule has 0 aliphatic heterocycles. The van der Waals surface area contributed by atoms with Crippen molar-refractivity contribution in [2.45, 2.75) is 0 Å². The van der Waals surface area contributed by atoms with Crippen molar-refractivity contribution in [1.82, 2.24) is 0 Å². The Morgan fingerprint density at radius 2 is 1.73 bits per heavy atom. The van der Waals surface area contributed by atoms with E-state index in [1.165, 1.54) is 0 Å². The van der Waals surface area contributed by atoms with Gasteiger partial charge in [0.1, 0.15) is 0 Å². The molecular formula is C3H12O6P2. The number of rotatable bonds is 3. The van der Waals surface area contributed by atoms with Crippen molar-refractivity contribution in [3.63, 3.8) is 0 Å².